The van der Waals surface area contributed by atoms with Crippen molar-refractivity contribution in [2.45, 2.75) is 20.0 Å². The van der Waals surface area contributed by atoms with Crippen LogP contribution in [0, 0.1) is 11.6 Å². The Kier molecular flexibility index (Phi) is 3.77. The van der Waals surface area contributed by atoms with Crippen molar-refractivity contribution in [1.82, 2.24) is 0 Å². The van der Waals surface area contributed by atoms with Gasteiger partial charge in [-0.25, -0.2) is 8.78 Å². The van der Waals surface area contributed by atoms with E-state index in [1.165, 1.54) is 0 Å². The first kappa shape index (κ1) is 12.5. The second-order valence-electron chi connectivity index (χ2n) is 3.36. The SMILES string of the molecule is [B]c1c(F)c([B])c(OC(C)C)c(F)c1P. The predicted molar refractivity (Wildman–Crippen MR) is 62.2 cm³/mol. The molecule has 0 saturated carbocycles. The van der Waals surface area contributed by atoms with Gasteiger partial charge in [0.2, 0.25) is 0 Å². The molecule has 0 heterocycles. The second kappa shape index (κ2) is 4.52. The summed E-state index contributed by atoms with van der Waals surface area (Å²) in [7, 11) is 12.7. The minimum atomic E-state index is -0.850. The van der Waals surface area contributed by atoms with Crippen LogP contribution < -0.4 is 21.0 Å². The number of halogens is 2. The zero-order chi connectivity index (χ0) is 11.7. The highest BCUT2D eigenvalue weighted by Crippen LogP contribution is 2.15. The Labute approximate surface area is 92.6 Å². The largest absolute Gasteiger partial charge is 0.488 e. The summed E-state index contributed by atoms with van der Waals surface area (Å²) in [6, 6.07) is 0. The third kappa shape index (κ3) is 2.34. The Morgan fingerprint density at radius 3 is 2.13 bits per heavy atom. The molecule has 0 fully saturated rings. The fourth-order valence-corrected chi connectivity index (χ4v) is 1.33. The van der Waals surface area contributed by atoms with E-state index in [9.17, 15) is 8.78 Å². The number of benzene rings is 1. The molecule has 4 radical (unpaired) electrons. The van der Waals surface area contributed by atoms with Gasteiger partial charge in [-0.3, -0.25) is 0 Å². The molecule has 0 N–H and O–H groups in total. The maximum atomic E-state index is 13.6. The van der Waals surface area contributed by atoms with Crippen LogP contribution in [-0.4, -0.2) is 21.8 Å². The van der Waals surface area contributed by atoms with Crippen molar-refractivity contribution in [3.63, 3.8) is 0 Å². The highest BCUT2D eigenvalue weighted by Gasteiger charge is 2.18. The molecule has 0 bridgehead atoms. The van der Waals surface area contributed by atoms with Gasteiger partial charge in [-0.2, -0.15) is 0 Å². The van der Waals surface area contributed by atoms with Gasteiger partial charge in [-0.15, -0.1) is 9.24 Å². The molecular formula is C9H9B2F2OP. The van der Waals surface area contributed by atoms with Gasteiger partial charge in [-0.1, -0.05) is 5.46 Å². The van der Waals surface area contributed by atoms with Crippen LogP contribution in [0.5, 0.6) is 5.75 Å². The molecule has 1 aromatic rings. The first-order valence-electron chi connectivity index (χ1n) is 4.34. The number of hydrogen-bond donors (Lipinski definition) is 0. The Bertz CT molecular complexity index is 367. The lowest BCUT2D eigenvalue weighted by Gasteiger charge is -2.17. The minimum absolute atomic E-state index is 0.0719. The molecule has 0 amide bonds. The van der Waals surface area contributed by atoms with E-state index < -0.39 is 17.1 Å². The van der Waals surface area contributed by atoms with Crippen molar-refractivity contribution in [3.05, 3.63) is 11.6 Å². The maximum Gasteiger partial charge on any atom is 0.171 e. The van der Waals surface area contributed by atoms with Crippen LogP contribution in [0.4, 0.5) is 8.78 Å². The molecule has 0 aliphatic carbocycles. The van der Waals surface area contributed by atoms with Crippen molar-refractivity contribution in [2.75, 3.05) is 0 Å². The molecule has 15 heavy (non-hydrogen) atoms. The van der Waals surface area contributed by atoms with Crippen LogP contribution in [0.1, 0.15) is 13.8 Å². The molecule has 1 nitrogen and oxygen atoms in total. The zero-order valence-corrected chi connectivity index (χ0v) is 9.63. The van der Waals surface area contributed by atoms with Gasteiger partial charge in [0.05, 0.1) is 6.10 Å². The lowest BCUT2D eigenvalue weighted by atomic mass is 9.85. The summed E-state index contributed by atoms with van der Waals surface area (Å²) >= 11 is 0. The molecule has 1 atom stereocenters. The normalized spacial score (nSPS) is 10.8. The Morgan fingerprint density at radius 2 is 1.67 bits per heavy atom. The van der Waals surface area contributed by atoms with Crippen molar-refractivity contribution in [2.24, 2.45) is 0 Å². The summed E-state index contributed by atoms with van der Waals surface area (Å²) in [5.41, 5.74) is -0.712. The highest BCUT2D eigenvalue weighted by atomic mass is 31.0. The summed E-state index contributed by atoms with van der Waals surface area (Å²) in [6.07, 6.45) is -0.297. The van der Waals surface area contributed by atoms with E-state index >= 15 is 0 Å². The summed E-state index contributed by atoms with van der Waals surface area (Å²) in [5, 5.41) is -0.0719. The molecule has 0 aliphatic heterocycles. The molecule has 0 saturated heterocycles. The van der Waals surface area contributed by atoms with Crippen LogP contribution >= 0.6 is 9.24 Å². The Morgan fingerprint density at radius 1 is 1.13 bits per heavy atom. The first-order valence-corrected chi connectivity index (χ1v) is 4.92. The van der Waals surface area contributed by atoms with Crippen LogP contribution in [0.15, 0.2) is 0 Å². The highest BCUT2D eigenvalue weighted by molar-refractivity contribution is 7.28. The topological polar surface area (TPSA) is 9.23 Å². The average Bonchev–Trinajstić information content (AvgIpc) is 2.18. The molecule has 1 rings (SSSR count). The van der Waals surface area contributed by atoms with E-state index in [2.05, 4.69) is 0 Å². The predicted octanol–water partition coefficient (Wildman–Crippen LogP) is -0.160. The third-order valence-corrected chi connectivity index (χ3v) is 2.36. The van der Waals surface area contributed by atoms with E-state index in [1.807, 2.05) is 9.24 Å². The molecule has 76 valence electrons. The smallest absolute Gasteiger partial charge is 0.171 e. The third-order valence-electron chi connectivity index (χ3n) is 1.80. The zero-order valence-electron chi connectivity index (χ0n) is 8.47. The summed E-state index contributed by atoms with van der Waals surface area (Å²) in [5.74, 6) is -1.89. The Hall–Kier alpha value is -0.560. The van der Waals surface area contributed by atoms with Gasteiger partial charge in [0.1, 0.15) is 21.5 Å². The van der Waals surface area contributed by atoms with Crippen molar-refractivity contribution in [3.8, 4) is 5.75 Å². The van der Waals surface area contributed by atoms with E-state index in [-0.39, 0.29) is 22.6 Å². The Balaban J connectivity index is 3.39. The van der Waals surface area contributed by atoms with Crippen LogP contribution in [0.2, 0.25) is 0 Å². The van der Waals surface area contributed by atoms with Crippen molar-refractivity contribution in [1.29, 1.82) is 0 Å². The molecule has 0 aliphatic rings. The summed E-state index contributed by atoms with van der Waals surface area (Å²) < 4.78 is 32.0. The van der Waals surface area contributed by atoms with Crippen LogP contribution in [0.3, 0.4) is 0 Å². The fraction of sp³-hybridized carbons (Fsp3) is 0.333. The van der Waals surface area contributed by atoms with Crippen LogP contribution in [-0.2, 0) is 0 Å². The van der Waals surface area contributed by atoms with E-state index in [0.717, 1.165) is 0 Å². The molecule has 0 aromatic heterocycles. The number of ether oxygens (including phenoxy) is 1. The van der Waals surface area contributed by atoms with Gasteiger partial charge < -0.3 is 4.74 Å². The van der Waals surface area contributed by atoms with Crippen molar-refractivity contribution < 1.29 is 13.5 Å². The molecule has 1 unspecified atom stereocenters. The van der Waals surface area contributed by atoms with Crippen LogP contribution in [0.25, 0.3) is 0 Å². The van der Waals surface area contributed by atoms with Gasteiger partial charge in [0, 0.05) is 5.30 Å². The van der Waals surface area contributed by atoms with Gasteiger partial charge in [0.15, 0.2) is 11.6 Å². The van der Waals surface area contributed by atoms with Crippen molar-refractivity contribution >= 4 is 41.2 Å². The van der Waals surface area contributed by atoms with Gasteiger partial charge >= 0.3 is 0 Å². The number of hydrogen-bond acceptors (Lipinski definition) is 1. The second-order valence-corrected chi connectivity index (χ2v) is 3.94. The molecule has 6 heteroatoms. The fourth-order valence-electron chi connectivity index (χ4n) is 1.07. The van der Waals surface area contributed by atoms with Gasteiger partial charge in [0.25, 0.3) is 0 Å². The van der Waals surface area contributed by atoms with Gasteiger partial charge in [-0.05, 0) is 19.3 Å². The van der Waals surface area contributed by atoms with E-state index in [1.54, 1.807) is 13.8 Å². The van der Waals surface area contributed by atoms with E-state index in [0.29, 0.717) is 0 Å². The number of rotatable bonds is 2. The van der Waals surface area contributed by atoms with E-state index in [4.69, 9.17) is 20.4 Å². The molecular weight excluding hydrogens is 215 g/mol. The monoisotopic (exact) mass is 224 g/mol. The molecule has 0 spiro atoms. The summed E-state index contributed by atoms with van der Waals surface area (Å²) in [6.45, 7) is 3.38. The quantitative estimate of drug-likeness (QED) is 0.500. The standard InChI is InChI=1S/C9H9B2F2OP/c1-3(2)14-8-4(10)6(12)5(11)9(15)7(8)13/h3H,15H2,1-2H3. The lowest BCUT2D eigenvalue weighted by Crippen LogP contribution is -2.35. The minimum Gasteiger partial charge on any atom is -0.488 e. The average molecular weight is 224 g/mol. The lowest BCUT2D eigenvalue weighted by molar-refractivity contribution is 0.233. The first-order chi connectivity index (χ1) is 6.86. The maximum absolute atomic E-state index is 13.6. The summed E-state index contributed by atoms with van der Waals surface area (Å²) in [4.78, 5) is 0. The molecule has 1 aromatic carbocycles.